The maximum absolute atomic E-state index is 12.2. The Balaban J connectivity index is 0.000000264. The van der Waals surface area contributed by atoms with E-state index in [-0.39, 0.29) is 59.9 Å². The second kappa shape index (κ2) is 48.6. The Morgan fingerprint density at radius 1 is 0.411 bits per heavy atom. The molecule has 24 N–H and O–H groups in total. The summed E-state index contributed by atoms with van der Waals surface area (Å²) in [6.07, 6.45) is -8.57. The van der Waals surface area contributed by atoms with Gasteiger partial charge in [-0.2, -0.15) is 44.5 Å². The smallest absolute Gasteiger partial charge is 0.383 e. The van der Waals surface area contributed by atoms with Gasteiger partial charge in [0, 0.05) is 124 Å². The lowest BCUT2D eigenvalue weighted by Crippen LogP contribution is -2.35. The number of anilines is 3. The van der Waals surface area contributed by atoms with Crippen LogP contribution in [0.5, 0.6) is 0 Å². The van der Waals surface area contributed by atoms with Crippen LogP contribution in [-0.2, 0) is 145 Å². The van der Waals surface area contributed by atoms with Crippen LogP contribution in [-0.4, -0.2) is 225 Å². The van der Waals surface area contributed by atoms with Crippen molar-refractivity contribution >= 4 is 134 Å². The minimum atomic E-state index is -5.78. The van der Waals surface area contributed by atoms with E-state index in [4.69, 9.17) is 143 Å². The fraction of sp³-hybridized carbons (Fsp3) is 0.547. The van der Waals surface area contributed by atoms with Gasteiger partial charge in [-0.15, -0.1) is 0 Å². The number of rotatable bonds is 44. The number of H-pyrrole nitrogens is 2. The number of nitrogen functional groups attached to an aromatic ring is 3. The fourth-order valence-electron chi connectivity index (χ4n) is 12.2. The molecule has 10 rings (SSSR count). The number of hydrogen-bond acceptors (Lipinski definition) is 47. The van der Waals surface area contributed by atoms with Gasteiger partial charge in [-0.05, 0) is 47.2 Å². The van der Waals surface area contributed by atoms with Crippen molar-refractivity contribution < 1.29 is 224 Å². The number of azide groups is 4. The van der Waals surface area contributed by atoms with Gasteiger partial charge in [0.1, 0.15) is 72.9 Å². The van der Waals surface area contributed by atoms with Crippen LogP contribution in [0.3, 0.4) is 0 Å². The number of aromatic nitrogens is 10. The quantitative estimate of drug-likeness (QED) is 0.00812. The average Bonchev–Trinajstić information content (AvgIpc) is 1.63. The summed E-state index contributed by atoms with van der Waals surface area (Å²) in [5.74, 6) is -8.48. The molecule has 93 heteroatoms. The van der Waals surface area contributed by atoms with Crippen LogP contribution < -0.4 is 39.7 Å². The number of aromatic amines is 2. The van der Waals surface area contributed by atoms with Crippen LogP contribution in [0, 0.1) is 33.2 Å². The molecule has 0 spiro atoms. The van der Waals surface area contributed by atoms with Crippen molar-refractivity contribution in [3.63, 3.8) is 0 Å². The molecule has 4 saturated heterocycles. The van der Waals surface area contributed by atoms with Crippen molar-refractivity contribution in [1.29, 1.82) is 0 Å². The normalized spacial score (nSPS) is 25.0. The fourth-order valence-corrected chi connectivity index (χ4v) is 24.3. The topological polar surface area (TPSA) is 1170 Å². The Hall–Kier alpha value is -9.48. The summed E-state index contributed by atoms with van der Waals surface area (Å²) in [4.78, 5) is 235. The predicted molar refractivity (Wildman–Crippen MR) is 465 cm³/mol. The molecule has 804 valence electrons. The van der Waals surface area contributed by atoms with E-state index >= 15 is 0 Å². The molecule has 6 aromatic heterocycles. The van der Waals surface area contributed by atoms with Crippen LogP contribution in [0.15, 0.2) is 88.9 Å². The second-order valence-electron chi connectivity index (χ2n) is 28.7. The van der Waals surface area contributed by atoms with E-state index in [1.165, 1.54) is 46.9 Å². The first kappa shape index (κ1) is 123. The SMILES string of the molecule is [C-]#[N+]C(C)(N=[N+]=[N-])O[C@@H]1C[C@H](n2cc(C)c(=O)[nH]c2=O)O[C@@H]1COP(=O)(O)OP(=O)(O)OP(=O)(O)O.[C-]#[N+]C(C)(N=[N+]=[N-])O[C@@H]1C[C@H](n2ccc(N)nc2=O)O[C@@H]1COP(=O)(O)OP(=O)(O)OP(=O)(O)O.[C-]#[N+]C(C)(N=[N+]=[N-])O[C@@H]1C[C@H](n2ccc3c(=O)[nH]c(N)nc32)O[C@@H]1COP(=O)(O)OP(=O)(O)OP(=O)(O)O.[C-]#[N+]C(C)(N=[N+]=[N-])O[C@@H]1C[C@H](n2ccc3c(N)ncnc32)O[C@@H]1COP(=O)(O)OP(=O)(O)OP(=O)(O)O. The van der Waals surface area contributed by atoms with Gasteiger partial charge in [-0.1, -0.05) is 0 Å². The second-order valence-corrected chi connectivity index (χ2v) is 46.4. The van der Waals surface area contributed by atoms with Gasteiger partial charge in [0.2, 0.25) is 5.95 Å². The lowest BCUT2D eigenvalue weighted by Gasteiger charge is -2.23. The number of nitrogens with two attached hydrogens (primary N) is 3. The highest BCUT2D eigenvalue weighted by molar-refractivity contribution is 7.68. The van der Waals surface area contributed by atoms with Gasteiger partial charge in [-0.25, -0.2) is 101 Å². The van der Waals surface area contributed by atoms with Crippen LogP contribution >= 0.6 is 93.9 Å². The van der Waals surface area contributed by atoms with E-state index in [9.17, 15) is 113 Å². The third-order valence-corrected chi connectivity index (χ3v) is 32.8. The van der Waals surface area contributed by atoms with Crippen LogP contribution in [0.1, 0.15) is 83.9 Å². The van der Waals surface area contributed by atoms with E-state index in [1.807, 2.05) is 4.98 Å². The highest BCUT2D eigenvalue weighted by atomic mass is 31.3. The number of ether oxygens (including phenoxy) is 8. The van der Waals surface area contributed by atoms with Crippen molar-refractivity contribution in [2.75, 3.05) is 43.6 Å². The molecule has 0 bridgehead atoms. The molecule has 0 radical (unpaired) electrons. The first-order valence-corrected chi connectivity index (χ1v) is 55.8. The molecular weight excluding hydrogens is 2250 g/mol. The number of nitrogens with zero attached hydrogens (tertiary/aromatic N) is 24. The number of nitrogens with one attached hydrogen (secondary N) is 2. The standard InChI is InChI=1S/C14H19N8O13P3.C14H19N8O12P3.C13H19N6O14P3.C12H18N7O13P3/c1-14(17-2,20-21-16)33-8-5-10(22-4-3-7-11(22)18-13(15)19-12(7)23)32-9(8)6-31-37(27,28)35-38(29,30)34-36(24,25)26;1-14(17-2,20-21-16)32-9-5-11(22-4-3-8-12(15)18-7-19-13(8)22)31-10(9)6-30-36(26,27)34-37(28,29)33-35(23,24)25;1-7-5-19(12(21)16-11(7)20)10-4-8(31-13(2,15-3)17-18-14)9(30-10)6-29-35(25,26)33-36(27,28)32-34(22,23)24;1-12(15-2,17-18-14)30-7-5-10(19-4-3-9(13)16-11(19)20)29-8(7)6-28-34(24,25)32-35(26,27)31-33(21,22)23/h3-4,8-10H,5-6H2,1H3,(H,27,28)(H,29,30)(H2,24,25,26)(H3,15,18,19,23);3-4,7,9-11H,5-6H2,1H3,(H,26,27)(H,28,29)(H2,15,18,19)(H2,23,24,25);5,8-10H,4,6H2,1-2H3,(H,25,26)(H,27,28)(H,16,20,21)(H2,22,23,24);3-4,7-8,10H,5-6H2,1H3,(H,24,25)(H,26,27)(H2,13,16,20)(H2,21,22,23)/t8-,9-,10-,14?;9-,10-,11-,14?;8-,9-,10-,13?;7-,8-,10-,12?/m1111/s1. The number of aryl methyl sites for hydroxylation is 1. The van der Waals surface area contributed by atoms with Crippen molar-refractivity contribution in [1.82, 2.24) is 48.2 Å². The lowest BCUT2D eigenvalue weighted by atomic mass is 10.2. The zero-order chi connectivity index (χ0) is 110. The summed E-state index contributed by atoms with van der Waals surface area (Å²) in [5.41, 5.74) is 49.4. The summed E-state index contributed by atoms with van der Waals surface area (Å²) in [6.45, 7) is 31.0. The molecule has 4 fully saturated rings. The molecular formula is C53H75N29O52P12. The molecule has 81 nitrogen and oxygen atoms in total. The molecule has 0 aromatic carbocycles. The van der Waals surface area contributed by atoms with Gasteiger partial charge in [0.25, 0.3) is 11.1 Å². The Kier molecular flexibility index (Phi) is 41.1. The van der Waals surface area contributed by atoms with E-state index in [0.29, 0.717) is 11.0 Å². The molecule has 0 aliphatic carbocycles. The Bertz CT molecular complexity index is 7140. The molecule has 12 unspecified atom stereocenters. The number of fused-ring (bicyclic) bond motifs is 2. The third-order valence-electron chi connectivity index (χ3n) is 17.6. The minimum absolute atomic E-state index is 0.0375. The Morgan fingerprint density at radius 2 is 0.705 bits per heavy atom. The first-order chi connectivity index (χ1) is 66.9. The van der Waals surface area contributed by atoms with Crippen molar-refractivity contribution in [2.24, 2.45) is 20.5 Å². The summed E-state index contributed by atoms with van der Waals surface area (Å²) >= 11 is 0. The Labute approximate surface area is 807 Å². The molecule has 10 heterocycles. The first-order valence-electron chi connectivity index (χ1n) is 37.8. The summed E-state index contributed by atoms with van der Waals surface area (Å²) in [7, 11) is -67.5. The van der Waals surface area contributed by atoms with E-state index in [1.54, 1.807) is 12.3 Å². The van der Waals surface area contributed by atoms with Gasteiger partial charge in [0.15, 0.2) is 5.65 Å². The lowest BCUT2D eigenvalue weighted by molar-refractivity contribution is -0.0993. The molecule has 4 aliphatic rings. The van der Waals surface area contributed by atoms with Crippen molar-refractivity contribution in [3.05, 3.63) is 184 Å². The molecule has 4 aliphatic heterocycles. The highest BCUT2D eigenvalue weighted by Crippen LogP contribution is 2.70. The minimum Gasteiger partial charge on any atom is -0.383 e. The maximum Gasteiger partial charge on any atom is 0.490 e. The van der Waals surface area contributed by atoms with Crippen LogP contribution in [0.25, 0.3) is 83.2 Å². The predicted octanol–water partition coefficient (Wildman–Crippen LogP) is 4.67. The molecule has 0 saturated carbocycles. The molecule has 0 amide bonds. The van der Waals surface area contributed by atoms with Gasteiger partial charge < -0.3 is 124 Å². The summed E-state index contributed by atoms with van der Waals surface area (Å²) in [5, 5.41) is 13.6. The Morgan fingerprint density at radius 3 is 1.01 bits per heavy atom. The zero-order valence-electron chi connectivity index (χ0n) is 72.9. The summed E-state index contributed by atoms with van der Waals surface area (Å²) < 4.78 is 235. The molecule has 146 heavy (non-hydrogen) atoms. The maximum atomic E-state index is 12.2. The van der Waals surface area contributed by atoms with Gasteiger partial charge in [0.05, 0.1) is 61.6 Å². The monoisotopic (exact) mass is 2320 g/mol. The number of hydrogen-bond donors (Lipinski definition) is 21. The zero-order valence-corrected chi connectivity index (χ0v) is 83.6. The van der Waals surface area contributed by atoms with Crippen LogP contribution in [0.2, 0.25) is 0 Å². The molecule has 24 atom stereocenters. The summed E-state index contributed by atoms with van der Waals surface area (Å²) in [6, 6.07) is 4.28. The largest absolute Gasteiger partial charge is 0.490 e. The van der Waals surface area contributed by atoms with Crippen molar-refractivity contribution in [2.45, 2.75) is 157 Å². The average molecular weight is 2320 g/mol. The number of phosphoric acid groups is 12. The van der Waals surface area contributed by atoms with Gasteiger partial charge >= 0.3 is 129 Å². The van der Waals surface area contributed by atoms with Crippen molar-refractivity contribution in [3.8, 4) is 0 Å². The third kappa shape index (κ3) is 37.9. The van der Waals surface area contributed by atoms with Crippen LogP contribution in [0.4, 0.5) is 17.6 Å². The highest BCUT2D eigenvalue weighted by Gasteiger charge is 2.54. The van der Waals surface area contributed by atoms with E-state index in [0.717, 1.165) is 43.0 Å². The van der Waals surface area contributed by atoms with E-state index < -0.39 is 240 Å². The van der Waals surface area contributed by atoms with Gasteiger partial charge in [-0.3, -0.25) is 85.1 Å². The number of phosphoric ester groups is 4. The molecule has 6 aromatic rings. The van der Waals surface area contributed by atoms with E-state index in [2.05, 4.69) is 137 Å².